The SMILES string of the molecule is CC1CCCCC1Nc1nc2ccc(F)cc2[nH]1. The number of halogens is 1. The third-order valence-electron chi connectivity index (χ3n) is 3.88. The van der Waals surface area contributed by atoms with Gasteiger partial charge in [0.25, 0.3) is 0 Å². The van der Waals surface area contributed by atoms with E-state index in [2.05, 4.69) is 22.2 Å². The Labute approximate surface area is 106 Å². The average Bonchev–Trinajstić information content (AvgIpc) is 2.73. The van der Waals surface area contributed by atoms with E-state index < -0.39 is 0 Å². The van der Waals surface area contributed by atoms with Gasteiger partial charge in [0.1, 0.15) is 5.82 Å². The Bertz CT molecular complexity index is 549. The fourth-order valence-electron chi connectivity index (χ4n) is 2.76. The van der Waals surface area contributed by atoms with Crippen LogP contribution in [0.4, 0.5) is 10.3 Å². The van der Waals surface area contributed by atoms with Crippen LogP contribution in [-0.2, 0) is 0 Å². The van der Waals surface area contributed by atoms with Crippen LogP contribution < -0.4 is 5.32 Å². The Morgan fingerprint density at radius 3 is 3.00 bits per heavy atom. The van der Waals surface area contributed by atoms with Crippen molar-refractivity contribution in [2.45, 2.75) is 38.6 Å². The molecule has 18 heavy (non-hydrogen) atoms. The van der Waals surface area contributed by atoms with E-state index in [0.29, 0.717) is 12.0 Å². The van der Waals surface area contributed by atoms with Crippen LogP contribution in [0.5, 0.6) is 0 Å². The van der Waals surface area contributed by atoms with Gasteiger partial charge in [-0.3, -0.25) is 0 Å². The first-order valence-electron chi connectivity index (χ1n) is 6.64. The fraction of sp³-hybridized carbons (Fsp3) is 0.500. The molecular formula is C14H18FN3. The third kappa shape index (κ3) is 2.19. The number of nitrogens with zero attached hydrogens (tertiary/aromatic N) is 1. The number of anilines is 1. The molecule has 0 saturated heterocycles. The van der Waals surface area contributed by atoms with Crippen LogP contribution in [0.2, 0.25) is 0 Å². The van der Waals surface area contributed by atoms with E-state index in [-0.39, 0.29) is 5.82 Å². The lowest BCUT2D eigenvalue weighted by molar-refractivity contribution is 0.348. The summed E-state index contributed by atoms with van der Waals surface area (Å²) in [6, 6.07) is 5.11. The molecule has 0 spiro atoms. The topological polar surface area (TPSA) is 40.7 Å². The number of benzene rings is 1. The highest BCUT2D eigenvalue weighted by Gasteiger charge is 2.21. The lowest BCUT2D eigenvalue weighted by Gasteiger charge is -2.29. The van der Waals surface area contributed by atoms with Crippen molar-refractivity contribution in [3.63, 3.8) is 0 Å². The normalized spacial score (nSPS) is 24.3. The Balaban J connectivity index is 1.81. The molecule has 1 aromatic heterocycles. The second-order valence-corrected chi connectivity index (χ2v) is 5.26. The fourth-order valence-corrected chi connectivity index (χ4v) is 2.76. The first-order valence-corrected chi connectivity index (χ1v) is 6.64. The highest BCUT2D eigenvalue weighted by Crippen LogP contribution is 2.26. The number of nitrogens with one attached hydrogen (secondary N) is 2. The zero-order chi connectivity index (χ0) is 12.5. The summed E-state index contributed by atoms with van der Waals surface area (Å²) >= 11 is 0. The maximum absolute atomic E-state index is 13.1. The Kier molecular flexibility index (Phi) is 2.94. The number of aromatic amines is 1. The van der Waals surface area contributed by atoms with Crippen LogP contribution in [-0.4, -0.2) is 16.0 Å². The van der Waals surface area contributed by atoms with Gasteiger partial charge >= 0.3 is 0 Å². The van der Waals surface area contributed by atoms with Crippen LogP contribution in [0.25, 0.3) is 11.0 Å². The monoisotopic (exact) mass is 247 g/mol. The third-order valence-corrected chi connectivity index (χ3v) is 3.88. The van der Waals surface area contributed by atoms with Gasteiger partial charge in [-0.15, -0.1) is 0 Å². The van der Waals surface area contributed by atoms with Crippen LogP contribution in [0.1, 0.15) is 32.6 Å². The molecule has 0 amide bonds. The zero-order valence-corrected chi connectivity index (χ0v) is 10.5. The van der Waals surface area contributed by atoms with Gasteiger partial charge < -0.3 is 10.3 Å². The molecule has 0 aliphatic heterocycles. The first kappa shape index (κ1) is 11.5. The predicted octanol–water partition coefficient (Wildman–Crippen LogP) is 3.69. The highest BCUT2D eigenvalue weighted by atomic mass is 19.1. The lowest BCUT2D eigenvalue weighted by atomic mass is 9.86. The Hall–Kier alpha value is -1.58. The number of imidazole rings is 1. The van der Waals surface area contributed by atoms with Gasteiger partial charge in [0.15, 0.2) is 0 Å². The zero-order valence-electron chi connectivity index (χ0n) is 10.5. The predicted molar refractivity (Wildman–Crippen MR) is 71.1 cm³/mol. The van der Waals surface area contributed by atoms with Gasteiger partial charge in [-0.25, -0.2) is 9.37 Å². The molecule has 2 unspecified atom stereocenters. The molecule has 3 rings (SSSR count). The van der Waals surface area contributed by atoms with E-state index in [0.717, 1.165) is 17.0 Å². The molecular weight excluding hydrogens is 229 g/mol. The summed E-state index contributed by atoms with van der Waals surface area (Å²) in [4.78, 5) is 7.59. The molecule has 2 aromatic rings. The number of fused-ring (bicyclic) bond motifs is 1. The maximum atomic E-state index is 13.1. The molecule has 2 N–H and O–H groups in total. The Morgan fingerprint density at radius 1 is 1.33 bits per heavy atom. The second kappa shape index (κ2) is 4.59. The molecule has 1 saturated carbocycles. The van der Waals surface area contributed by atoms with Gasteiger partial charge in [-0.2, -0.15) is 0 Å². The van der Waals surface area contributed by atoms with Crippen molar-refractivity contribution in [3.8, 4) is 0 Å². The summed E-state index contributed by atoms with van der Waals surface area (Å²) in [7, 11) is 0. The molecule has 1 fully saturated rings. The molecule has 1 aromatic carbocycles. The molecule has 0 bridgehead atoms. The number of hydrogen-bond acceptors (Lipinski definition) is 2. The summed E-state index contributed by atoms with van der Waals surface area (Å²) in [5.74, 6) is 1.20. The van der Waals surface area contributed by atoms with Crippen molar-refractivity contribution >= 4 is 17.0 Å². The van der Waals surface area contributed by atoms with E-state index in [4.69, 9.17) is 0 Å². The molecule has 1 aliphatic rings. The maximum Gasteiger partial charge on any atom is 0.201 e. The second-order valence-electron chi connectivity index (χ2n) is 5.26. The summed E-state index contributed by atoms with van der Waals surface area (Å²) in [5, 5.41) is 3.45. The number of hydrogen-bond donors (Lipinski definition) is 2. The van der Waals surface area contributed by atoms with Crippen molar-refractivity contribution < 1.29 is 4.39 Å². The molecule has 1 aliphatic carbocycles. The molecule has 2 atom stereocenters. The van der Waals surface area contributed by atoms with Crippen LogP contribution >= 0.6 is 0 Å². The minimum atomic E-state index is -0.233. The van der Waals surface area contributed by atoms with Gasteiger partial charge in [0.05, 0.1) is 11.0 Å². The molecule has 96 valence electrons. The first-order chi connectivity index (χ1) is 8.72. The Morgan fingerprint density at radius 2 is 2.17 bits per heavy atom. The van der Waals surface area contributed by atoms with Gasteiger partial charge in [0, 0.05) is 6.04 Å². The summed E-state index contributed by atoms with van der Waals surface area (Å²) in [5.41, 5.74) is 1.56. The number of H-pyrrole nitrogens is 1. The smallest absolute Gasteiger partial charge is 0.201 e. The minimum absolute atomic E-state index is 0.233. The standard InChI is InChI=1S/C14H18FN3/c1-9-4-2-3-5-11(9)16-14-17-12-7-6-10(15)8-13(12)18-14/h6-9,11H,2-5H2,1H3,(H2,16,17,18). The van der Waals surface area contributed by atoms with Crippen molar-refractivity contribution in [1.29, 1.82) is 0 Å². The molecule has 0 radical (unpaired) electrons. The van der Waals surface area contributed by atoms with Crippen molar-refractivity contribution in [2.24, 2.45) is 5.92 Å². The molecule has 4 heteroatoms. The van der Waals surface area contributed by atoms with E-state index in [1.807, 2.05) is 0 Å². The van der Waals surface area contributed by atoms with Crippen LogP contribution in [0.15, 0.2) is 18.2 Å². The molecule has 3 nitrogen and oxygen atoms in total. The molecule has 1 heterocycles. The largest absolute Gasteiger partial charge is 0.353 e. The number of rotatable bonds is 2. The summed E-state index contributed by atoms with van der Waals surface area (Å²) < 4.78 is 13.1. The van der Waals surface area contributed by atoms with Crippen LogP contribution in [0.3, 0.4) is 0 Å². The average molecular weight is 247 g/mol. The number of aromatic nitrogens is 2. The van der Waals surface area contributed by atoms with E-state index in [9.17, 15) is 4.39 Å². The van der Waals surface area contributed by atoms with Crippen molar-refractivity contribution in [1.82, 2.24) is 9.97 Å². The minimum Gasteiger partial charge on any atom is -0.353 e. The highest BCUT2D eigenvalue weighted by molar-refractivity contribution is 5.77. The quantitative estimate of drug-likeness (QED) is 0.849. The van der Waals surface area contributed by atoms with Crippen molar-refractivity contribution in [3.05, 3.63) is 24.0 Å². The lowest BCUT2D eigenvalue weighted by Crippen LogP contribution is -2.30. The van der Waals surface area contributed by atoms with Gasteiger partial charge in [0.2, 0.25) is 5.95 Å². The van der Waals surface area contributed by atoms with E-state index in [1.165, 1.54) is 37.8 Å². The van der Waals surface area contributed by atoms with E-state index >= 15 is 0 Å². The van der Waals surface area contributed by atoms with Gasteiger partial charge in [-0.05, 0) is 37.0 Å². The van der Waals surface area contributed by atoms with Gasteiger partial charge in [-0.1, -0.05) is 19.8 Å². The van der Waals surface area contributed by atoms with Crippen LogP contribution in [0, 0.1) is 11.7 Å². The van der Waals surface area contributed by atoms with E-state index in [1.54, 1.807) is 6.07 Å². The summed E-state index contributed by atoms with van der Waals surface area (Å²) in [6.45, 7) is 2.28. The van der Waals surface area contributed by atoms with Crippen molar-refractivity contribution in [2.75, 3.05) is 5.32 Å². The summed E-state index contributed by atoms with van der Waals surface area (Å²) in [6.07, 6.45) is 5.06.